The Morgan fingerprint density at radius 2 is 1.18 bits per heavy atom. The van der Waals surface area contributed by atoms with Gasteiger partial charge < -0.3 is 0 Å². The number of benzene rings is 1. The highest BCUT2D eigenvalue weighted by Gasteiger charge is 1.94. The van der Waals surface area contributed by atoms with Gasteiger partial charge in [-0.2, -0.15) is 0 Å². The van der Waals surface area contributed by atoms with Crippen LogP contribution in [0.15, 0.2) is 30.3 Å². The Labute approximate surface area is 136 Å². The third-order valence-corrected chi connectivity index (χ3v) is 3.66. The van der Waals surface area contributed by atoms with E-state index in [2.05, 4.69) is 37.3 Å². The van der Waals surface area contributed by atoms with Crippen LogP contribution in [0.3, 0.4) is 0 Å². The largest absolute Gasteiger partial charge is 0.692 e. The second-order valence-corrected chi connectivity index (χ2v) is 6.18. The van der Waals surface area contributed by atoms with Crippen LogP contribution >= 0.6 is 8.25 Å². The molecule has 0 amide bonds. The Morgan fingerprint density at radius 1 is 0.773 bits per heavy atom. The highest BCUT2D eigenvalue weighted by atomic mass is 31.1. The maximum atomic E-state index is 8.70. The summed E-state index contributed by atoms with van der Waals surface area (Å²) in [4.78, 5) is 14.2. The Morgan fingerprint density at radius 3 is 1.64 bits per heavy atom. The lowest BCUT2D eigenvalue weighted by Crippen LogP contribution is -1.86. The molecule has 2 N–H and O–H groups in total. The van der Waals surface area contributed by atoms with E-state index in [0.29, 0.717) is 0 Å². The van der Waals surface area contributed by atoms with E-state index in [9.17, 15) is 0 Å². The monoisotopic (exact) mass is 327 g/mol. The van der Waals surface area contributed by atoms with Crippen molar-refractivity contribution >= 4 is 8.25 Å². The summed E-state index contributed by atoms with van der Waals surface area (Å²) in [6.45, 7) is 2.28. The van der Waals surface area contributed by atoms with Gasteiger partial charge in [0.2, 0.25) is 0 Å². The maximum Gasteiger partial charge on any atom is 0.692 e. The SMILES string of the molecule is CCCCCCCCCCCCc1ccccc1.O=[P+](O)O. The van der Waals surface area contributed by atoms with Gasteiger partial charge in [0.15, 0.2) is 0 Å². The van der Waals surface area contributed by atoms with Crippen molar-refractivity contribution in [2.45, 2.75) is 77.6 Å². The highest BCUT2D eigenvalue weighted by molar-refractivity contribution is 7.30. The molecule has 4 heteroatoms. The Hall–Kier alpha value is -0.760. The molecule has 0 heterocycles. The molecule has 0 saturated heterocycles. The van der Waals surface area contributed by atoms with Gasteiger partial charge in [-0.3, -0.25) is 0 Å². The first kappa shape index (κ1) is 21.2. The van der Waals surface area contributed by atoms with Gasteiger partial charge >= 0.3 is 8.25 Å². The molecule has 0 saturated carbocycles. The van der Waals surface area contributed by atoms with Crippen LogP contribution in [0.5, 0.6) is 0 Å². The van der Waals surface area contributed by atoms with Gasteiger partial charge in [0.1, 0.15) is 0 Å². The molecule has 0 fully saturated rings. The quantitative estimate of drug-likeness (QED) is 0.400. The molecule has 0 aliphatic heterocycles. The number of aryl methyl sites for hydroxylation is 1. The predicted molar refractivity (Wildman–Crippen MR) is 94.0 cm³/mol. The molecule has 0 aromatic heterocycles. The minimum absolute atomic E-state index is 1.26. The molecule has 1 aromatic carbocycles. The van der Waals surface area contributed by atoms with Crippen LogP contribution in [-0.2, 0) is 11.0 Å². The summed E-state index contributed by atoms with van der Waals surface area (Å²) >= 11 is 0. The van der Waals surface area contributed by atoms with Gasteiger partial charge in [-0.25, -0.2) is 0 Å². The molecule has 0 atom stereocenters. The second-order valence-electron chi connectivity index (χ2n) is 5.67. The van der Waals surface area contributed by atoms with Crippen LogP contribution in [0.25, 0.3) is 0 Å². The molecule has 0 aliphatic carbocycles. The molecule has 0 unspecified atom stereocenters. The third-order valence-electron chi connectivity index (χ3n) is 3.66. The zero-order valence-corrected chi connectivity index (χ0v) is 14.8. The fraction of sp³-hybridized carbons (Fsp3) is 0.667. The Balaban J connectivity index is 0.000000980. The zero-order chi connectivity index (χ0) is 16.5. The lowest BCUT2D eigenvalue weighted by molar-refractivity contribution is 0.405. The third kappa shape index (κ3) is 17.3. The zero-order valence-electron chi connectivity index (χ0n) is 13.9. The molecule has 0 radical (unpaired) electrons. The standard InChI is InChI=1S/C18H30.HO3P/c1-2-3-4-5-6-7-8-9-10-12-15-18-16-13-11-14-17-18;1-4(2)3/h11,13-14,16-17H,2-10,12,15H2,1H3;(H-,1,2,3)/p+1. The molecular formula is C18H32O3P+. The summed E-state index contributed by atoms with van der Waals surface area (Å²) in [5.74, 6) is 0. The first-order valence-electron chi connectivity index (χ1n) is 8.55. The average molecular weight is 327 g/mol. The normalized spacial score (nSPS) is 9.95. The number of rotatable bonds is 11. The van der Waals surface area contributed by atoms with Crippen molar-refractivity contribution in [3.63, 3.8) is 0 Å². The molecule has 1 aromatic rings. The van der Waals surface area contributed by atoms with E-state index >= 15 is 0 Å². The van der Waals surface area contributed by atoms with Crippen LogP contribution in [-0.4, -0.2) is 9.79 Å². The van der Waals surface area contributed by atoms with E-state index in [0.717, 1.165) is 0 Å². The van der Waals surface area contributed by atoms with E-state index < -0.39 is 8.25 Å². The fourth-order valence-electron chi connectivity index (χ4n) is 2.46. The summed E-state index contributed by atoms with van der Waals surface area (Å²) in [6, 6.07) is 10.9. The van der Waals surface area contributed by atoms with E-state index in [1.54, 1.807) is 0 Å². The predicted octanol–water partition coefficient (Wildman–Crippen LogP) is 5.78. The van der Waals surface area contributed by atoms with Crippen molar-refractivity contribution in [3.8, 4) is 0 Å². The summed E-state index contributed by atoms with van der Waals surface area (Å²) in [7, 11) is -2.87. The van der Waals surface area contributed by atoms with Crippen molar-refractivity contribution in [1.29, 1.82) is 0 Å². The summed E-state index contributed by atoms with van der Waals surface area (Å²) < 4.78 is 8.70. The van der Waals surface area contributed by atoms with Crippen molar-refractivity contribution < 1.29 is 14.4 Å². The topological polar surface area (TPSA) is 57.5 Å². The van der Waals surface area contributed by atoms with Gasteiger partial charge in [0.05, 0.1) is 0 Å². The summed E-state index contributed by atoms with van der Waals surface area (Å²) in [6.07, 6.45) is 15.5. The molecule has 0 spiro atoms. The Kier molecular flexibility index (Phi) is 16.0. The minimum Gasteiger partial charge on any atom is -0.134 e. The molecule has 1 rings (SSSR count). The van der Waals surface area contributed by atoms with Crippen molar-refractivity contribution in [2.24, 2.45) is 0 Å². The van der Waals surface area contributed by atoms with Crippen molar-refractivity contribution in [2.75, 3.05) is 0 Å². The molecule has 126 valence electrons. The molecule has 0 bridgehead atoms. The van der Waals surface area contributed by atoms with E-state index in [1.807, 2.05) is 0 Å². The number of hydrogen-bond acceptors (Lipinski definition) is 1. The van der Waals surface area contributed by atoms with Crippen LogP contribution in [0, 0.1) is 0 Å². The summed E-state index contributed by atoms with van der Waals surface area (Å²) in [5, 5.41) is 0. The lowest BCUT2D eigenvalue weighted by atomic mass is 10.0. The smallest absolute Gasteiger partial charge is 0.134 e. The van der Waals surface area contributed by atoms with Gasteiger partial charge in [-0.05, 0) is 18.4 Å². The van der Waals surface area contributed by atoms with Crippen LogP contribution < -0.4 is 0 Å². The summed E-state index contributed by atoms with van der Waals surface area (Å²) in [5.41, 5.74) is 1.50. The van der Waals surface area contributed by atoms with Gasteiger partial charge in [0, 0.05) is 4.57 Å². The van der Waals surface area contributed by atoms with Crippen molar-refractivity contribution in [1.82, 2.24) is 0 Å². The highest BCUT2D eigenvalue weighted by Crippen LogP contribution is 2.12. The van der Waals surface area contributed by atoms with E-state index in [4.69, 9.17) is 14.4 Å². The molecular weight excluding hydrogens is 295 g/mol. The van der Waals surface area contributed by atoms with Gasteiger partial charge in [0.25, 0.3) is 0 Å². The average Bonchev–Trinajstić information content (AvgIpc) is 2.50. The van der Waals surface area contributed by atoms with Crippen LogP contribution in [0.2, 0.25) is 0 Å². The second kappa shape index (κ2) is 16.6. The molecule has 22 heavy (non-hydrogen) atoms. The van der Waals surface area contributed by atoms with E-state index in [1.165, 1.54) is 76.2 Å². The van der Waals surface area contributed by atoms with Crippen LogP contribution in [0.1, 0.15) is 76.7 Å². The van der Waals surface area contributed by atoms with Gasteiger partial charge in [-0.15, -0.1) is 9.79 Å². The van der Waals surface area contributed by atoms with Crippen molar-refractivity contribution in [3.05, 3.63) is 35.9 Å². The molecule has 0 aliphatic rings. The van der Waals surface area contributed by atoms with Gasteiger partial charge in [-0.1, -0.05) is 95.0 Å². The Bertz CT molecular complexity index is 351. The molecule has 3 nitrogen and oxygen atoms in total. The first-order chi connectivity index (χ1) is 10.7. The lowest BCUT2D eigenvalue weighted by Gasteiger charge is -2.03. The number of unbranched alkanes of at least 4 members (excludes halogenated alkanes) is 9. The van der Waals surface area contributed by atoms with E-state index in [-0.39, 0.29) is 0 Å². The maximum absolute atomic E-state index is 8.70. The fourth-order valence-corrected chi connectivity index (χ4v) is 2.46. The first-order valence-corrected chi connectivity index (χ1v) is 9.72. The number of hydrogen-bond donors (Lipinski definition) is 2. The van der Waals surface area contributed by atoms with Crippen LogP contribution in [0.4, 0.5) is 0 Å². The minimum atomic E-state index is -2.87.